The predicted octanol–water partition coefficient (Wildman–Crippen LogP) is 2.85. The number of hydrogen-bond donors (Lipinski definition) is 3. The first-order valence-electron chi connectivity index (χ1n) is 10.6. The summed E-state index contributed by atoms with van der Waals surface area (Å²) >= 11 is 0. The molecule has 4 N–H and O–H groups in total. The van der Waals surface area contributed by atoms with Crippen molar-refractivity contribution in [2.24, 2.45) is 23.6 Å². The number of benzene rings is 1. The van der Waals surface area contributed by atoms with Gasteiger partial charge in [-0.1, -0.05) is 44.2 Å². The highest BCUT2D eigenvalue weighted by Crippen LogP contribution is 2.26. The van der Waals surface area contributed by atoms with Crippen molar-refractivity contribution in [2.75, 3.05) is 6.61 Å². The van der Waals surface area contributed by atoms with Gasteiger partial charge in [0.15, 0.2) is 6.29 Å². The van der Waals surface area contributed by atoms with Gasteiger partial charge in [-0.2, -0.15) is 0 Å². The molecule has 0 spiro atoms. The van der Waals surface area contributed by atoms with Gasteiger partial charge in [0.25, 0.3) is 0 Å². The smallest absolute Gasteiger partial charge is 0.247 e. The summed E-state index contributed by atoms with van der Waals surface area (Å²) in [6.45, 7) is 4.69. The molecule has 0 aromatic heterocycles. The van der Waals surface area contributed by atoms with Crippen LogP contribution in [0.25, 0.3) is 0 Å². The lowest BCUT2D eigenvalue weighted by Crippen LogP contribution is -2.46. The lowest BCUT2D eigenvalue weighted by molar-refractivity contribution is -0.203. The first-order chi connectivity index (χ1) is 14.0. The number of amides is 2. The van der Waals surface area contributed by atoms with E-state index in [1.54, 1.807) is 0 Å². The van der Waals surface area contributed by atoms with Crippen LogP contribution >= 0.6 is 0 Å². The van der Waals surface area contributed by atoms with E-state index in [2.05, 4.69) is 23.0 Å². The van der Waals surface area contributed by atoms with Gasteiger partial charge in [-0.25, -0.2) is 16.2 Å². The van der Waals surface area contributed by atoms with Crippen LogP contribution in [0.2, 0.25) is 0 Å². The van der Waals surface area contributed by atoms with Gasteiger partial charge < -0.3 is 4.74 Å². The molecule has 7 nitrogen and oxygen atoms in total. The number of carbonyl (C=O) groups excluding carboxylic acids is 2. The van der Waals surface area contributed by atoms with E-state index in [0.29, 0.717) is 19.4 Å². The SMILES string of the molecule is CC(C)C[C@@H](C(=O)NN)[C@H](CCCc1ccccc1)C(=O)NOC1CCCCO1. The summed E-state index contributed by atoms with van der Waals surface area (Å²) in [5.41, 5.74) is 5.99. The molecule has 162 valence electrons. The Hall–Kier alpha value is -1.96. The zero-order valence-electron chi connectivity index (χ0n) is 17.6. The molecule has 1 heterocycles. The third-order valence-electron chi connectivity index (χ3n) is 5.28. The lowest BCUT2D eigenvalue weighted by Gasteiger charge is -2.28. The largest absolute Gasteiger partial charge is 0.350 e. The molecule has 0 bridgehead atoms. The molecular weight excluding hydrogens is 370 g/mol. The zero-order chi connectivity index (χ0) is 21.1. The summed E-state index contributed by atoms with van der Waals surface area (Å²) < 4.78 is 5.50. The number of hydrazine groups is 1. The molecule has 1 aromatic rings. The minimum atomic E-state index is -0.520. The third-order valence-corrected chi connectivity index (χ3v) is 5.28. The van der Waals surface area contributed by atoms with Crippen molar-refractivity contribution in [3.05, 3.63) is 35.9 Å². The Kier molecular flexibility index (Phi) is 10.1. The van der Waals surface area contributed by atoms with Crippen LogP contribution in [0, 0.1) is 17.8 Å². The van der Waals surface area contributed by atoms with Crippen molar-refractivity contribution in [2.45, 2.75) is 65.1 Å². The van der Waals surface area contributed by atoms with Gasteiger partial charge in [-0.05, 0) is 50.0 Å². The summed E-state index contributed by atoms with van der Waals surface area (Å²) in [6, 6.07) is 10.1. The Morgan fingerprint density at radius 2 is 1.93 bits per heavy atom. The first kappa shape index (κ1) is 23.3. The maximum absolute atomic E-state index is 13.0. The number of nitrogens with two attached hydrogens (primary N) is 1. The fourth-order valence-electron chi connectivity index (χ4n) is 3.76. The summed E-state index contributed by atoms with van der Waals surface area (Å²) in [7, 11) is 0. The fraction of sp³-hybridized carbons (Fsp3) is 0.636. The summed E-state index contributed by atoms with van der Waals surface area (Å²) in [4.78, 5) is 30.9. The molecule has 1 aromatic carbocycles. The quantitative estimate of drug-likeness (QED) is 0.298. The Balaban J connectivity index is 2.02. The van der Waals surface area contributed by atoms with Crippen LogP contribution in [0.15, 0.2) is 30.3 Å². The second-order valence-electron chi connectivity index (χ2n) is 8.11. The minimum Gasteiger partial charge on any atom is -0.350 e. The van der Waals surface area contributed by atoms with E-state index in [4.69, 9.17) is 15.4 Å². The van der Waals surface area contributed by atoms with E-state index in [9.17, 15) is 9.59 Å². The Labute approximate surface area is 173 Å². The van der Waals surface area contributed by atoms with E-state index < -0.39 is 18.1 Å². The van der Waals surface area contributed by atoms with Gasteiger partial charge in [0, 0.05) is 13.0 Å². The molecule has 2 rings (SSSR count). The van der Waals surface area contributed by atoms with Crippen LogP contribution in [-0.2, 0) is 25.6 Å². The minimum absolute atomic E-state index is 0.254. The molecule has 0 saturated carbocycles. The third kappa shape index (κ3) is 8.12. The predicted molar refractivity (Wildman–Crippen MR) is 111 cm³/mol. The van der Waals surface area contributed by atoms with E-state index in [1.165, 1.54) is 5.56 Å². The number of hydrogen-bond acceptors (Lipinski definition) is 5. The number of hydroxylamine groups is 1. The number of aryl methyl sites for hydroxylation is 1. The highest BCUT2D eigenvalue weighted by Gasteiger charge is 2.34. The van der Waals surface area contributed by atoms with E-state index in [0.717, 1.165) is 32.1 Å². The molecule has 1 saturated heterocycles. The first-order valence-corrected chi connectivity index (χ1v) is 10.6. The molecule has 29 heavy (non-hydrogen) atoms. The normalized spacial score (nSPS) is 18.8. The van der Waals surface area contributed by atoms with Crippen LogP contribution in [-0.4, -0.2) is 24.7 Å². The lowest BCUT2D eigenvalue weighted by atomic mass is 9.81. The van der Waals surface area contributed by atoms with Crippen molar-refractivity contribution in [1.82, 2.24) is 10.9 Å². The van der Waals surface area contributed by atoms with Gasteiger partial charge in [-0.15, -0.1) is 0 Å². The second kappa shape index (κ2) is 12.6. The average molecular weight is 406 g/mol. The van der Waals surface area contributed by atoms with Gasteiger partial charge >= 0.3 is 0 Å². The molecule has 1 aliphatic heterocycles. The molecule has 0 radical (unpaired) electrons. The summed E-state index contributed by atoms with van der Waals surface area (Å²) in [5, 5.41) is 0. The maximum Gasteiger partial charge on any atom is 0.247 e. The van der Waals surface area contributed by atoms with Crippen LogP contribution in [0.4, 0.5) is 0 Å². The van der Waals surface area contributed by atoms with Gasteiger partial charge in [0.2, 0.25) is 11.8 Å². The number of rotatable bonds is 11. The fourth-order valence-corrected chi connectivity index (χ4v) is 3.76. The molecule has 1 aliphatic rings. The van der Waals surface area contributed by atoms with Crippen LogP contribution < -0.4 is 16.7 Å². The molecule has 7 heteroatoms. The van der Waals surface area contributed by atoms with Crippen molar-refractivity contribution in [3.8, 4) is 0 Å². The monoisotopic (exact) mass is 405 g/mol. The molecular formula is C22H35N3O4. The summed E-state index contributed by atoms with van der Waals surface area (Å²) in [6.07, 6.45) is 5.11. The van der Waals surface area contributed by atoms with Crippen molar-refractivity contribution < 1.29 is 19.2 Å². The van der Waals surface area contributed by atoms with Crippen LogP contribution in [0.3, 0.4) is 0 Å². The van der Waals surface area contributed by atoms with Gasteiger partial charge in [0.05, 0.1) is 11.8 Å². The number of carbonyl (C=O) groups is 2. The van der Waals surface area contributed by atoms with Gasteiger partial charge in [-0.3, -0.25) is 15.0 Å². The van der Waals surface area contributed by atoms with Crippen LogP contribution in [0.5, 0.6) is 0 Å². The average Bonchev–Trinajstić information content (AvgIpc) is 2.74. The highest BCUT2D eigenvalue weighted by atomic mass is 16.8. The van der Waals surface area contributed by atoms with Crippen molar-refractivity contribution >= 4 is 11.8 Å². The molecule has 1 unspecified atom stereocenters. The standard InChI is InChI=1S/C22H35N3O4/c1-16(2)15-19(21(26)24-23)18(12-8-11-17-9-4-3-5-10-17)22(27)25-29-20-13-6-7-14-28-20/h3-5,9-10,16,18-20H,6-8,11-15,23H2,1-2H3,(H,24,26)(H,25,27)/t18-,19+,20?/m0/s1. The van der Waals surface area contributed by atoms with Crippen molar-refractivity contribution in [1.29, 1.82) is 0 Å². The molecule has 1 fully saturated rings. The van der Waals surface area contributed by atoms with Gasteiger partial charge in [0.1, 0.15) is 0 Å². The van der Waals surface area contributed by atoms with Crippen LogP contribution in [0.1, 0.15) is 57.9 Å². The van der Waals surface area contributed by atoms with Crippen molar-refractivity contribution in [3.63, 3.8) is 0 Å². The van der Waals surface area contributed by atoms with E-state index in [-0.39, 0.29) is 17.7 Å². The summed E-state index contributed by atoms with van der Waals surface area (Å²) in [5.74, 6) is 4.04. The molecule has 3 atom stereocenters. The maximum atomic E-state index is 13.0. The van der Waals surface area contributed by atoms with E-state index in [1.807, 2.05) is 32.0 Å². The zero-order valence-corrected chi connectivity index (χ0v) is 17.6. The molecule has 0 aliphatic carbocycles. The topological polar surface area (TPSA) is 103 Å². The Bertz CT molecular complexity index is 618. The highest BCUT2D eigenvalue weighted by molar-refractivity contribution is 5.87. The second-order valence-corrected chi connectivity index (χ2v) is 8.11. The van der Waals surface area contributed by atoms with E-state index >= 15 is 0 Å². The number of nitrogens with one attached hydrogen (secondary N) is 2. The Morgan fingerprint density at radius 1 is 1.17 bits per heavy atom. The molecule has 2 amide bonds. The Morgan fingerprint density at radius 3 is 2.55 bits per heavy atom. The number of ether oxygens (including phenoxy) is 1.